The molecule has 2 aromatic carbocycles. The van der Waals surface area contributed by atoms with E-state index in [1.807, 2.05) is 0 Å². The van der Waals surface area contributed by atoms with Crippen molar-refractivity contribution in [1.82, 2.24) is 0 Å². The van der Waals surface area contributed by atoms with Gasteiger partial charge in [-0.15, -0.1) is 0 Å². The Hall–Kier alpha value is -0.617. The van der Waals surface area contributed by atoms with Gasteiger partial charge >= 0.3 is 138 Å². The number of rotatable bonds is 2. The maximum Gasteiger partial charge on any atom is -1.00 e. The molecule has 0 aromatic heterocycles. The third-order valence-electron chi connectivity index (χ3n) is 4.53. The van der Waals surface area contributed by atoms with E-state index in [0.29, 0.717) is 9.54 Å². The van der Waals surface area contributed by atoms with Crippen molar-refractivity contribution in [1.29, 1.82) is 0 Å². The topological polar surface area (TPSA) is 0 Å². The fourth-order valence-electron chi connectivity index (χ4n) is 3.56. The molecule has 23 heavy (non-hydrogen) atoms. The van der Waals surface area contributed by atoms with Gasteiger partial charge in [-0.05, 0) is 0 Å². The van der Waals surface area contributed by atoms with Gasteiger partial charge in [-0.25, -0.2) is 0 Å². The smallest absolute Gasteiger partial charge is 1.00 e. The molecule has 2 aromatic rings. The van der Waals surface area contributed by atoms with Gasteiger partial charge in [0.2, 0.25) is 0 Å². The second kappa shape index (κ2) is 7.51. The Balaban J connectivity index is 0.000000960. The summed E-state index contributed by atoms with van der Waals surface area (Å²) in [6.07, 6.45) is 4.88. The van der Waals surface area contributed by atoms with Crippen LogP contribution in [0.3, 0.4) is 0 Å². The summed E-state index contributed by atoms with van der Waals surface area (Å²) in [5, 5.41) is 0. The zero-order valence-corrected chi connectivity index (χ0v) is 17.2. The fourth-order valence-corrected chi connectivity index (χ4v) is 8.00. The maximum atomic E-state index is 2.46. The Labute approximate surface area is 162 Å². The summed E-state index contributed by atoms with van der Waals surface area (Å²) in [7, 11) is 0. The number of hydrogen-bond acceptors (Lipinski definition) is 0. The van der Waals surface area contributed by atoms with E-state index in [1.54, 1.807) is 14.4 Å². The van der Waals surface area contributed by atoms with Crippen molar-refractivity contribution in [3.8, 4) is 11.1 Å². The van der Waals surface area contributed by atoms with Crippen LogP contribution in [0.2, 0.25) is 0 Å². The van der Waals surface area contributed by atoms with Gasteiger partial charge in [0.05, 0.1) is 0 Å². The van der Waals surface area contributed by atoms with Crippen LogP contribution < -0.4 is 24.8 Å². The third-order valence-corrected chi connectivity index (χ3v) is 9.06. The van der Waals surface area contributed by atoms with Gasteiger partial charge in [-0.3, -0.25) is 0 Å². The molecule has 1 atom stereocenters. The van der Waals surface area contributed by atoms with Gasteiger partial charge in [-0.2, -0.15) is 0 Å². The third kappa shape index (κ3) is 3.29. The van der Waals surface area contributed by atoms with Crippen LogP contribution in [-0.4, -0.2) is 0 Å². The minimum atomic E-state index is -0.652. The van der Waals surface area contributed by atoms with Crippen molar-refractivity contribution in [2.24, 2.45) is 5.92 Å². The van der Waals surface area contributed by atoms with Gasteiger partial charge < -0.3 is 24.8 Å². The van der Waals surface area contributed by atoms with Gasteiger partial charge in [0.1, 0.15) is 0 Å². The van der Waals surface area contributed by atoms with Crippen LogP contribution in [0.1, 0.15) is 28.6 Å². The molecule has 1 unspecified atom stereocenters. The van der Waals surface area contributed by atoms with Crippen LogP contribution in [-0.2, 0) is 23.2 Å². The molecule has 4 rings (SSSR count). The first-order valence-electron chi connectivity index (χ1n) is 7.59. The van der Waals surface area contributed by atoms with E-state index >= 15 is 0 Å². The summed E-state index contributed by atoms with van der Waals surface area (Å²) in [5.74, 6) is 0.663. The first kappa shape index (κ1) is 18.7. The number of halogens is 2. The SMILES string of the molecule is CC1=CC(C)[C]([Zr+2][CH]2c3ccccc3-c3ccccc32)=C1.[Cl-].[Cl-]. The average molecular weight is 420 g/mol. The van der Waals surface area contributed by atoms with E-state index < -0.39 is 23.2 Å². The second-order valence-corrected chi connectivity index (χ2v) is 9.60. The van der Waals surface area contributed by atoms with E-state index in [2.05, 4.69) is 74.5 Å². The number of benzene rings is 2. The largest absolute Gasteiger partial charge is 1.00 e. The summed E-state index contributed by atoms with van der Waals surface area (Å²) in [6.45, 7) is 4.59. The van der Waals surface area contributed by atoms with Crippen LogP contribution in [0.15, 0.2) is 69.5 Å². The Morgan fingerprint density at radius 1 is 0.826 bits per heavy atom. The van der Waals surface area contributed by atoms with E-state index in [4.69, 9.17) is 0 Å². The van der Waals surface area contributed by atoms with Gasteiger partial charge in [0.15, 0.2) is 0 Å². The van der Waals surface area contributed by atoms with Gasteiger partial charge in [0, 0.05) is 0 Å². The molecular formula is C20H18Cl2Zr. The van der Waals surface area contributed by atoms with Crippen molar-refractivity contribution < 1.29 is 48.0 Å². The maximum absolute atomic E-state index is 2.46. The summed E-state index contributed by atoms with van der Waals surface area (Å²) in [6, 6.07) is 18.0. The Bertz CT molecular complexity index is 731. The van der Waals surface area contributed by atoms with Crippen LogP contribution in [0.25, 0.3) is 11.1 Å². The summed E-state index contributed by atoms with van der Waals surface area (Å²) in [4.78, 5) is 0. The molecule has 0 bridgehead atoms. The molecule has 0 N–H and O–H groups in total. The second-order valence-electron chi connectivity index (χ2n) is 6.05. The molecule has 116 valence electrons. The molecule has 2 aliphatic rings. The molecule has 0 heterocycles. The molecule has 0 amide bonds. The first-order chi connectivity index (χ1) is 10.2. The molecule has 0 aliphatic heterocycles. The predicted octanol–water partition coefficient (Wildman–Crippen LogP) is -0.673. The fraction of sp³-hybridized carbons (Fsp3) is 0.200. The Morgan fingerprint density at radius 3 is 1.83 bits per heavy atom. The van der Waals surface area contributed by atoms with Crippen LogP contribution >= 0.6 is 0 Å². The van der Waals surface area contributed by atoms with Crippen molar-refractivity contribution in [2.45, 2.75) is 17.5 Å². The van der Waals surface area contributed by atoms with Gasteiger partial charge in [-0.1, -0.05) is 0 Å². The zero-order chi connectivity index (χ0) is 14.4. The minimum absolute atomic E-state index is 0. The molecule has 0 nitrogen and oxygen atoms in total. The number of hydrogen-bond donors (Lipinski definition) is 0. The summed E-state index contributed by atoms with van der Waals surface area (Å²) >= 11 is -0.652. The van der Waals surface area contributed by atoms with Crippen LogP contribution in [0.5, 0.6) is 0 Å². The van der Waals surface area contributed by atoms with E-state index in [1.165, 1.54) is 16.7 Å². The van der Waals surface area contributed by atoms with Gasteiger partial charge in [0.25, 0.3) is 0 Å². The molecule has 0 saturated heterocycles. The minimum Gasteiger partial charge on any atom is -1.00 e. The first-order valence-corrected chi connectivity index (χ1v) is 10.2. The van der Waals surface area contributed by atoms with Crippen molar-refractivity contribution >= 4 is 0 Å². The van der Waals surface area contributed by atoms with Crippen LogP contribution in [0.4, 0.5) is 0 Å². The average Bonchev–Trinajstić information content (AvgIpc) is 2.98. The normalized spacial score (nSPS) is 17.9. The molecule has 0 spiro atoms. The molecule has 0 fully saturated rings. The monoisotopic (exact) mass is 418 g/mol. The van der Waals surface area contributed by atoms with Crippen molar-refractivity contribution in [2.75, 3.05) is 0 Å². The van der Waals surface area contributed by atoms with Crippen molar-refractivity contribution in [3.05, 3.63) is 80.7 Å². The number of fused-ring (bicyclic) bond motifs is 3. The van der Waals surface area contributed by atoms with Crippen LogP contribution in [0, 0.1) is 5.92 Å². The van der Waals surface area contributed by atoms with E-state index in [-0.39, 0.29) is 24.8 Å². The molecule has 0 saturated carbocycles. The summed E-state index contributed by atoms with van der Waals surface area (Å²) < 4.78 is 2.43. The Morgan fingerprint density at radius 2 is 1.35 bits per heavy atom. The van der Waals surface area contributed by atoms with E-state index in [9.17, 15) is 0 Å². The molecule has 2 aliphatic carbocycles. The Kier molecular flexibility index (Phi) is 6.12. The van der Waals surface area contributed by atoms with Crippen molar-refractivity contribution in [3.63, 3.8) is 0 Å². The molecule has 3 heteroatoms. The summed E-state index contributed by atoms with van der Waals surface area (Å²) in [5.41, 5.74) is 7.54. The number of allylic oxidation sites excluding steroid dienone is 4. The zero-order valence-electron chi connectivity index (χ0n) is 13.2. The predicted molar refractivity (Wildman–Crippen MR) is 84.7 cm³/mol. The molecule has 0 radical (unpaired) electrons. The standard InChI is InChI=1S/C13H9.C7H9.2ClH.Zr/c1-3-7-12-10(5-1)9-11-6-2-4-8-13(11)12;1-6-3-4-7(2)5-6;;;/h1-9H;3,5,7H,1-2H3;2*1H;/q;;;;+2/p-2. The quantitative estimate of drug-likeness (QED) is 0.605. The molecular weight excluding hydrogens is 402 g/mol. The van der Waals surface area contributed by atoms with E-state index in [0.717, 1.165) is 0 Å².